The van der Waals surface area contributed by atoms with Gasteiger partial charge in [0.05, 0.1) is 15.1 Å². The van der Waals surface area contributed by atoms with Gasteiger partial charge in [0.1, 0.15) is 11.3 Å². The Morgan fingerprint density at radius 3 is 2.52 bits per heavy atom. The molecule has 3 nitrogen and oxygen atoms in total. The molecule has 0 saturated heterocycles. The van der Waals surface area contributed by atoms with Gasteiger partial charge in [-0.1, -0.05) is 59.1 Å². The van der Waals surface area contributed by atoms with Gasteiger partial charge in [-0.2, -0.15) is 0 Å². The predicted molar refractivity (Wildman–Crippen MR) is 119 cm³/mol. The van der Waals surface area contributed by atoms with Crippen LogP contribution in [0.2, 0.25) is 15.1 Å². The number of phenolic OH excluding ortho intramolecular Hbond substituents is 1. The molecule has 0 saturated carbocycles. The number of aromatic nitrogens is 2. The van der Waals surface area contributed by atoms with Crippen LogP contribution in [0.15, 0.2) is 60.9 Å². The Hall–Kier alpha value is -2.33. The molecule has 2 aromatic heterocycles. The van der Waals surface area contributed by atoms with Crippen molar-refractivity contribution in [1.29, 1.82) is 0 Å². The first-order valence-electron chi connectivity index (χ1n) is 9.06. The summed E-state index contributed by atoms with van der Waals surface area (Å²) in [6, 6.07) is 15.1. The molecule has 0 aliphatic heterocycles. The molecule has 1 unspecified atom stereocenters. The van der Waals surface area contributed by atoms with E-state index in [1.807, 2.05) is 49.4 Å². The van der Waals surface area contributed by atoms with Crippen LogP contribution in [0.3, 0.4) is 0 Å². The minimum absolute atomic E-state index is 0.157. The van der Waals surface area contributed by atoms with Crippen LogP contribution in [-0.2, 0) is 6.42 Å². The molecule has 146 valence electrons. The summed E-state index contributed by atoms with van der Waals surface area (Å²) in [4.78, 5) is 8.83. The molecule has 0 fully saturated rings. The lowest BCUT2D eigenvalue weighted by atomic mass is 9.86. The Morgan fingerprint density at radius 2 is 1.76 bits per heavy atom. The predicted octanol–water partition coefficient (Wildman–Crippen LogP) is 6.98. The number of aryl methyl sites for hydroxylation is 1. The average Bonchev–Trinajstić information content (AvgIpc) is 2.72. The smallest absolute Gasteiger partial charge is 0.145 e. The maximum absolute atomic E-state index is 11.0. The first kappa shape index (κ1) is 20.0. The molecule has 2 aromatic carbocycles. The Bertz CT molecular complexity index is 1210. The first-order valence-corrected chi connectivity index (χ1v) is 10.2. The number of hydrogen-bond donors (Lipinski definition) is 1. The number of nitrogens with zero attached hydrogens (tertiary/aromatic N) is 2. The first-order chi connectivity index (χ1) is 13.9. The number of aromatic hydroxyl groups is 1. The van der Waals surface area contributed by atoms with Crippen molar-refractivity contribution in [2.24, 2.45) is 0 Å². The van der Waals surface area contributed by atoms with Crippen molar-refractivity contribution in [1.82, 2.24) is 9.97 Å². The zero-order chi connectivity index (χ0) is 20.5. The Balaban J connectivity index is 1.86. The number of hydrogen-bond acceptors (Lipinski definition) is 3. The summed E-state index contributed by atoms with van der Waals surface area (Å²) < 4.78 is 0. The summed E-state index contributed by atoms with van der Waals surface area (Å²) in [5, 5.41) is 13.5. The fraction of sp³-hybridized carbons (Fsp3) is 0.130. The monoisotopic (exact) mass is 442 g/mol. The van der Waals surface area contributed by atoms with E-state index in [9.17, 15) is 5.11 Å². The standard InChI is InChI=1S/C23H17Cl3N2O/c1-13-9-16(28-12-21(13)26)11-18(15-5-7-19(24)20(25)10-15)17-6-4-14-3-2-8-27-22(14)23(17)29/h2-10,12,18,29H,11H2,1H3. The lowest BCUT2D eigenvalue weighted by Crippen LogP contribution is -2.08. The van der Waals surface area contributed by atoms with E-state index < -0.39 is 0 Å². The van der Waals surface area contributed by atoms with E-state index in [-0.39, 0.29) is 11.7 Å². The van der Waals surface area contributed by atoms with E-state index >= 15 is 0 Å². The quantitative estimate of drug-likeness (QED) is 0.370. The lowest BCUT2D eigenvalue weighted by Gasteiger charge is -2.20. The van der Waals surface area contributed by atoms with Crippen molar-refractivity contribution in [2.45, 2.75) is 19.3 Å². The van der Waals surface area contributed by atoms with E-state index in [0.29, 0.717) is 27.0 Å². The second kappa shape index (κ2) is 8.19. The maximum Gasteiger partial charge on any atom is 0.145 e. The van der Waals surface area contributed by atoms with E-state index in [1.165, 1.54) is 0 Å². The van der Waals surface area contributed by atoms with Crippen molar-refractivity contribution >= 4 is 45.7 Å². The largest absolute Gasteiger partial charge is 0.505 e. The zero-order valence-corrected chi connectivity index (χ0v) is 17.8. The summed E-state index contributed by atoms with van der Waals surface area (Å²) in [5.41, 5.74) is 4.07. The highest BCUT2D eigenvalue weighted by atomic mass is 35.5. The third-order valence-corrected chi connectivity index (χ3v) is 6.15. The Kier molecular flexibility index (Phi) is 5.64. The Labute approximate surface area is 183 Å². The van der Waals surface area contributed by atoms with Crippen LogP contribution >= 0.6 is 34.8 Å². The number of benzene rings is 2. The van der Waals surface area contributed by atoms with Gasteiger partial charge in [0, 0.05) is 41.4 Å². The van der Waals surface area contributed by atoms with E-state index in [4.69, 9.17) is 34.8 Å². The van der Waals surface area contributed by atoms with Gasteiger partial charge in [-0.05, 0) is 42.3 Å². The van der Waals surface area contributed by atoms with Crippen molar-refractivity contribution in [3.05, 3.63) is 98.4 Å². The third kappa shape index (κ3) is 4.04. The van der Waals surface area contributed by atoms with Crippen molar-refractivity contribution in [3.63, 3.8) is 0 Å². The fourth-order valence-corrected chi connectivity index (χ4v) is 3.89. The molecule has 0 aliphatic carbocycles. The number of phenols is 1. The summed E-state index contributed by atoms with van der Waals surface area (Å²) in [5.74, 6) is -0.0332. The van der Waals surface area contributed by atoms with Crippen LogP contribution in [0.5, 0.6) is 5.75 Å². The molecular formula is C23H17Cl3N2O. The summed E-state index contributed by atoms with van der Waals surface area (Å²) in [6.45, 7) is 1.94. The SMILES string of the molecule is Cc1cc(CC(c2ccc(Cl)c(Cl)c2)c2ccc3cccnc3c2O)ncc1Cl. The molecule has 4 rings (SSSR count). The molecular weight excluding hydrogens is 427 g/mol. The number of pyridine rings is 2. The average molecular weight is 444 g/mol. The second-order valence-corrected chi connectivity index (χ2v) is 8.16. The summed E-state index contributed by atoms with van der Waals surface area (Å²) >= 11 is 18.5. The highest BCUT2D eigenvalue weighted by Gasteiger charge is 2.22. The lowest BCUT2D eigenvalue weighted by molar-refractivity contribution is 0.469. The van der Waals surface area contributed by atoms with Gasteiger partial charge in [-0.3, -0.25) is 9.97 Å². The molecule has 4 aromatic rings. The molecule has 2 heterocycles. The van der Waals surface area contributed by atoms with Crippen LogP contribution in [0.25, 0.3) is 10.9 Å². The normalized spacial score (nSPS) is 12.3. The van der Waals surface area contributed by atoms with E-state index in [2.05, 4.69) is 9.97 Å². The molecule has 1 atom stereocenters. The molecule has 6 heteroatoms. The van der Waals surface area contributed by atoms with Gasteiger partial charge in [-0.25, -0.2) is 0 Å². The van der Waals surface area contributed by atoms with Crippen LogP contribution in [0.1, 0.15) is 28.3 Å². The van der Waals surface area contributed by atoms with E-state index in [1.54, 1.807) is 18.5 Å². The number of halogens is 3. The molecule has 1 N–H and O–H groups in total. The topological polar surface area (TPSA) is 46.0 Å². The highest BCUT2D eigenvalue weighted by molar-refractivity contribution is 6.42. The van der Waals surface area contributed by atoms with Gasteiger partial charge in [0.2, 0.25) is 0 Å². The van der Waals surface area contributed by atoms with Crippen LogP contribution in [-0.4, -0.2) is 15.1 Å². The minimum Gasteiger partial charge on any atom is -0.505 e. The van der Waals surface area contributed by atoms with Crippen molar-refractivity contribution in [2.75, 3.05) is 0 Å². The maximum atomic E-state index is 11.0. The number of rotatable bonds is 4. The van der Waals surface area contributed by atoms with Crippen molar-refractivity contribution in [3.8, 4) is 5.75 Å². The van der Waals surface area contributed by atoms with E-state index in [0.717, 1.165) is 27.8 Å². The molecule has 0 amide bonds. The van der Waals surface area contributed by atoms with Gasteiger partial charge in [0.25, 0.3) is 0 Å². The van der Waals surface area contributed by atoms with Gasteiger partial charge >= 0.3 is 0 Å². The van der Waals surface area contributed by atoms with Crippen LogP contribution in [0, 0.1) is 6.92 Å². The highest BCUT2D eigenvalue weighted by Crippen LogP contribution is 2.39. The van der Waals surface area contributed by atoms with Gasteiger partial charge < -0.3 is 5.11 Å². The molecule has 0 radical (unpaired) electrons. The third-order valence-electron chi connectivity index (χ3n) is 5.02. The second-order valence-electron chi connectivity index (χ2n) is 6.93. The molecule has 0 spiro atoms. The minimum atomic E-state index is -0.191. The van der Waals surface area contributed by atoms with Crippen LogP contribution < -0.4 is 0 Å². The Morgan fingerprint density at radius 1 is 0.931 bits per heavy atom. The number of fused-ring (bicyclic) bond motifs is 1. The molecule has 29 heavy (non-hydrogen) atoms. The molecule has 0 aliphatic rings. The molecule has 0 bridgehead atoms. The zero-order valence-electron chi connectivity index (χ0n) is 15.5. The van der Waals surface area contributed by atoms with Crippen molar-refractivity contribution < 1.29 is 5.11 Å². The van der Waals surface area contributed by atoms with Gasteiger partial charge in [0.15, 0.2) is 0 Å². The van der Waals surface area contributed by atoms with Crippen LogP contribution in [0.4, 0.5) is 0 Å². The summed E-state index contributed by atoms with van der Waals surface area (Å²) in [7, 11) is 0. The fourth-order valence-electron chi connectivity index (χ4n) is 3.48. The van der Waals surface area contributed by atoms with Gasteiger partial charge in [-0.15, -0.1) is 0 Å². The summed E-state index contributed by atoms with van der Waals surface area (Å²) in [6.07, 6.45) is 3.88.